The number of aromatic hydroxyl groups is 1. The third kappa shape index (κ3) is 3.51. The van der Waals surface area contributed by atoms with Gasteiger partial charge in [-0.25, -0.2) is 0 Å². The van der Waals surface area contributed by atoms with Gasteiger partial charge in [0.25, 0.3) is 5.91 Å². The first kappa shape index (κ1) is 12.4. The minimum Gasteiger partial charge on any atom is -0.505 e. The highest BCUT2D eigenvalue weighted by Crippen LogP contribution is 2.12. The van der Waals surface area contributed by atoms with Crippen LogP contribution in [0.5, 0.6) is 5.75 Å². The highest BCUT2D eigenvalue weighted by atomic mass is 16.3. The topological polar surface area (TPSA) is 65.5 Å². The normalized spacial score (nSPS) is 10.4. The first-order valence-electron chi connectivity index (χ1n) is 5.25. The average Bonchev–Trinajstić information content (AvgIpc) is 2.29. The molecule has 1 rings (SSSR count). The molecule has 88 valence electrons. The fourth-order valence-electron chi connectivity index (χ4n) is 1.19. The van der Waals surface area contributed by atoms with Gasteiger partial charge in [0.15, 0.2) is 0 Å². The van der Waals surface area contributed by atoms with Gasteiger partial charge in [0, 0.05) is 19.3 Å². The number of nitrogens with zero attached hydrogens (tertiary/aromatic N) is 2. The van der Waals surface area contributed by atoms with E-state index in [1.165, 1.54) is 18.5 Å². The Hall–Kier alpha value is -1.62. The molecule has 0 fully saturated rings. The second kappa shape index (κ2) is 6.07. The number of hydrogen-bond donors (Lipinski definition) is 2. The fraction of sp³-hybridized carbons (Fsp3) is 0.455. The lowest BCUT2D eigenvalue weighted by Gasteiger charge is -2.14. The Morgan fingerprint density at radius 1 is 1.62 bits per heavy atom. The predicted molar refractivity (Wildman–Crippen MR) is 61.4 cm³/mol. The summed E-state index contributed by atoms with van der Waals surface area (Å²) in [6, 6.07) is 1.49. The smallest absolute Gasteiger partial charge is 0.255 e. The van der Waals surface area contributed by atoms with Crippen LogP contribution in [0.25, 0.3) is 0 Å². The Bertz CT molecular complexity index is 355. The number of carbonyl (C=O) groups is 1. The molecule has 0 radical (unpaired) electrons. The van der Waals surface area contributed by atoms with Crippen LogP contribution in [0, 0.1) is 0 Å². The molecular weight excluding hydrogens is 206 g/mol. The van der Waals surface area contributed by atoms with E-state index in [-0.39, 0.29) is 17.2 Å². The maximum Gasteiger partial charge on any atom is 0.255 e. The molecule has 2 N–H and O–H groups in total. The van der Waals surface area contributed by atoms with Crippen molar-refractivity contribution in [3.05, 3.63) is 24.0 Å². The van der Waals surface area contributed by atoms with Gasteiger partial charge in [0.2, 0.25) is 0 Å². The Labute approximate surface area is 95.1 Å². The number of pyridine rings is 1. The molecular formula is C11H17N3O2. The molecule has 5 nitrogen and oxygen atoms in total. The van der Waals surface area contributed by atoms with Crippen LogP contribution in [0.3, 0.4) is 0 Å². The van der Waals surface area contributed by atoms with Crippen molar-refractivity contribution in [1.29, 1.82) is 0 Å². The molecule has 0 saturated heterocycles. The van der Waals surface area contributed by atoms with E-state index in [9.17, 15) is 9.90 Å². The second-order valence-corrected chi connectivity index (χ2v) is 3.54. The van der Waals surface area contributed by atoms with Gasteiger partial charge in [-0.15, -0.1) is 0 Å². The number of amides is 1. The SMILES string of the molecule is CCN(C)CCNC(=O)c1ccncc1O. The Morgan fingerprint density at radius 3 is 3.00 bits per heavy atom. The van der Waals surface area contributed by atoms with E-state index in [1.54, 1.807) is 0 Å². The Kier molecular flexibility index (Phi) is 4.72. The van der Waals surface area contributed by atoms with E-state index in [0.29, 0.717) is 6.54 Å². The van der Waals surface area contributed by atoms with Gasteiger partial charge in [0.05, 0.1) is 11.8 Å². The summed E-state index contributed by atoms with van der Waals surface area (Å²) in [5.74, 6) is -0.367. The highest BCUT2D eigenvalue weighted by Gasteiger charge is 2.09. The van der Waals surface area contributed by atoms with E-state index in [2.05, 4.69) is 22.1 Å². The average molecular weight is 223 g/mol. The largest absolute Gasteiger partial charge is 0.505 e. The molecule has 0 aromatic carbocycles. The zero-order valence-electron chi connectivity index (χ0n) is 9.60. The molecule has 0 unspecified atom stereocenters. The number of carbonyl (C=O) groups excluding carboxylic acids is 1. The molecule has 0 atom stereocenters. The number of hydrogen-bond acceptors (Lipinski definition) is 4. The lowest BCUT2D eigenvalue weighted by atomic mass is 10.2. The van der Waals surface area contributed by atoms with Crippen LogP contribution < -0.4 is 5.32 Å². The number of rotatable bonds is 5. The number of likely N-dealkylation sites (N-methyl/N-ethyl adjacent to an activating group) is 1. The summed E-state index contributed by atoms with van der Waals surface area (Å²) < 4.78 is 0. The van der Waals surface area contributed by atoms with Gasteiger partial charge in [-0.1, -0.05) is 6.92 Å². The van der Waals surface area contributed by atoms with Gasteiger partial charge in [0.1, 0.15) is 5.75 Å². The third-order valence-corrected chi connectivity index (χ3v) is 2.36. The quantitative estimate of drug-likeness (QED) is 0.761. The first-order chi connectivity index (χ1) is 7.65. The zero-order valence-corrected chi connectivity index (χ0v) is 9.60. The Balaban J connectivity index is 2.44. The van der Waals surface area contributed by atoms with Crippen molar-refractivity contribution in [3.63, 3.8) is 0 Å². The van der Waals surface area contributed by atoms with Crippen molar-refractivity contribution < 1.29 is 9.90 Å². The van der Waals surface area contributed by atoms with Gasteiger partial charge in [-0.05, 0) is 19.7 Å². The lowest BCUT2D eigenvalue weighted by Crippen LogP contribution is -2.32. The van der Waals surface area contributed by atoms with Crippen molar-refractivity contribution >= 4 is 5.91 Å². The molecule has 0 aliphatic carbocycles. The van der Waals surface area contributed by atoms with E-state index in [1.807, 2.05) is 7.05 Å². The lowest BCUT2D eigenvalue weighted by molar-refractivity contribution is 0.0947. The standard InChI is InChI=1S/C11H17N3O2/c1-3-14(2)7-6-13-11(16)9-4-5-12-8-10(9)15/h4-5,8,15H,3,6-7H2,1-2H3,(H,13,16). The first-order valence-corrected chi connectivity index (χ1v) is 5.25. The van der Waals surface area contributed by atoms with Gasteiger partial charge in [-0.3, -0.25) is 9.78 Å². The summed E-state index contributed by atoms with van der Waals surface area (Å²) in [5.41, 5.74) is 0.258. The summed E-state index contributed by atoms with van der Waals surface area (Å²) in [7, 11) is 1.98. The monoisotopic (exact) mass is 223 g/mol. The van der Waals surface area contributed by atoms with Gasteiger partial charge in [-0.2, -0.15) is 0 Å². The van der Waals surface area contributed by atoms with Crippen LogP contribution >= 0.6 is 0 Å². The zero-order chi connectivity index (χ0) is 12.0. The number of nitrogens with one attached hydrogen (secondary N) is 1. The van der Waals surface area contributed by atoms with Crippen LogP contribution in [0.1, 0.15) is 17.3 Å². The van der Waals surface area contributed by atoms with Crippen LogP contribution in [0.15, 0.2) is 18.5 Å². The molecule has 0 spiro atoms. The molecule has 0 aliphatic heterocycles. The molecule has 0 saturated carbocycles. The van der Waals surface area contributed by atoms with E-state index in [0.717, 1.165) is 13.1 Å². The molecule has 1 aromatic rings. The maximum absolute atomic E-state index is 11.6. The summed E-state index contributed by atoms with van der Waals surface area (Å²) in [4.78, 5) is 17.4. The van der Waals surface area contributed by atoms with Crippen molar-refractivity contribution in [3.8, 4) is 5.75 Å². The minimum atomic E-state index is -0.274. The van der Waals surface area contributed by atoms with Crippen LogP contribution in [0.2, 0.25) is 0 Å². The van der Waals surface area contributed by atoms with E-state index < -0.39 is 0 Å². The van der Waals surface area contributed by atoms with E-state index >= 15 is 0 Å². The molecule has 16 heavy (non-hydrogen) atoms. The van der Waals surface area contributed by atoms with Gasteiger partial charge < -0.3 is 15.3 Å². The molecule has 1 amide bonds. The summed E-state index contributed by atoms with van der Waals surface area (Å²) in [6.07, 6.45) is 2.74. The van der Waals surface area contributed by atoms with Crippen LogP contribution in [-0.4, -0.2) is 47.6 Å². The maximum atomic E-state index is 11.6. The summed E-state index contributed by atoms with van der Waals surface area (Å²) in [6.45, 7) is 4.34. The van der Waals surface area contributed by atoms with Crippen molar-refractivity contribution in [2.24, 2.45) is 0 Å². The fourth-order valence-corrected chi connectivity index (χ4v) is 1.19. The predicted octanol–water partition coefficient (Wildman–Crippen LogP) is 0.469. The minimum absolute atomic E-state index is 0.0937. The van der Waals surface area contributed by atoms with E-state index in [4.69, 9.17) is 0 Å². The summed E-state index contributed by atoms with van der Waals surface area (Å²) in [5, 5.41) is 12.1. The third-order valence-electron chi connectivity index (χ3n) is 2.36. The highest BCUT2D eigenvalue weighted by molar-refractivity contribution is 5.96. The van der Waals surface area contributed by atoms with Crippen LogP contribution in [0.4, 0.5) is 0 Å². The number of aromatic nitrogens is 1. The molecule has 0 bridgehead atoms. The molecule has 0 aliphatic rings. The molecule has 1 heterocycles. The molecule has 5 heteroatoms. The van der Waals surface area contributed by atoms with Gasteiger partial charge >= 0.3 is 0 Å². The van der Waals surface area contributed by atoms with Crippen LogP contribution in [-0.2, 0) is 0 Å². The van der Waals surface area contributed by atoms with Crippen molar-refractivity contribution in [2.75, 3.05) is 26.7 Å². The van der Waals surface area contributed by atoms with Crippen molar-refractivity contribution in [1.82, 2.24) is 15.2 Å². The second-order valence-electron chi connectivity index (χ2n) is 3.54. The Morgan fingerprint density at radius 2 is 2.38 bits per heavy atom. The van der Waals surface area contributed by atoms with Crippen molar-refractivity contribution in [2.45, 2.75) is 6.92 Å². The summed E-state index contributed by atoms with van der Waals surface area (Å²) >= 11 is 0. The molecule has 1 aromatic heterocycles.